The van der Waals surface area contributed by atoms with E-state index in [1.54, 1.807) is 6.07 Å². The highest BCUT2D eigenvalue weighted by Crippen LogP contribution is 2.32. The zero-order valence-corrected chi connectivity index (χ0v) is 9.03. The molecule has 0 radical (unpaired) electrons. The smallest absolute Gasteiger partial charge is 0.125 e. The van der Waals surface area contributed by atoms with Crippen molar-refractivity contribution >= 4 is 0 Å². The molecule has 4 nitrogen and oxygen atoms in total. The van der Waals surface area contributed by atoms with Crippen molar-refractivity contribution in [2.24, 2.45) is 5.73 Å². The lowest BCUT2D eigenvalue weighted by Crippen LogP contribution is -2.07. The molecule has 0 fully saturated rings. The number of phenols is 1. The van der Waals surface area contributed by atoms with Gasteiger partial charge in [0.2, 0.25) is 0 Å². The summed E-state index contributed by atoms with van der Waals surface area (Å²) in [7, 11) is 1.54. The standard InChI is InChI=1S/C11H17NO3/c1-7-5-8(9(13)3-4-12)10(14)6-11(7)15-2/h5-6,9,13-14H,3-4,12H2,1-2H3. The molecule has 4 heteroatoms. The van der Waals surface area contributed by atoms with Gasteiger partial charge in [-0.05, 0) is 31.5 Å². The van der Waals surface area contributed by atoms with E-state index in [0.29, 0.717) is 24.3 Å². The molecule has 0 aliphatic heterocycles. The summed E-state index contributed by atoms with van der Waals surface area (Å²) in [5, 5.41) is 19.4. The molecule has 1 aromatic carbocycles. The normalized spacial score (nSPS) is 12.5. The van der Waals surface area contributed by atoms with E-state index in [4.69, 9.17) is 10.5 Å². The molecule has 1 aromatic rings. The molecule has 15 heavy (non-hydrogen) atoms. The highest BCUT2D eigenvalue weighted by Gasteiger charge is 2.14. The van der Waals surface area contributed by atoms with Crippen LogP contribution >= 0.6 is 0 Å². The zero-order valence-electron chi connectivity index (χ0n) is 9.03. The topological polar surface area (TPSA) is 75.7 Å². The Bertz CT molecular complexity index is 339. The predicted molar refractivity (Wildman–Crippen MR) is 58.0 cm³/mol. The maximum atomic E-state index is 9.71. The molecule has 0 spiro atoms. The number of ether oxygens (including phenoxy) is 1. The molecule has 0 aromatic heterocycles. The molecule has 0 bridgehead atoms. The maximum Gasteiger partial charge on any atom is 0.125 e. The molecule has 0 heterocycles. The van der Waals surface area contributed by atoms with E-state index in [2.05, 4.69) is 0 Å². The van der Waals surface area contributed by atoms with Crippen LogP contribution in [0.4, 0.5) is 0 Å². The van der Waals surface area contributed by atoms with Crippen LogP contribution in [0.2, 0.25) is 0 Å². The Hall–Kier alpha value is -1.26. The van der Waals surface area contributed by atoms with E-state index in [1.165, 1.54) is 13.2 Å². The van der Waals surface area contributed by atoms with E-state index >= 15 is 0 Å². The van der Waals surface area contributed by atoms with Crippen molar-refractivity contribution in [3.05, 3.63) is 23.3 Å². The van der Waals surface area contributed by atoms with E-state index in [-0.39, 0.29) is 5.75 Å². The van der Waals surface area contributed by atoms with Crippen molar-refractivity contribution in [3.8, 4) is 11.5 Å². The molecule has 0 saturated heterocycles. The van der Waals surface area contributed by atoms with E-state index in [9.17, 15) is 10.2 Å². The van der Waals surface area contributed by atoms with Crippen molar-refractivity contribution in [1.82, 2.24) is 0 Å². The second-order valence-electron chi connectivity index (χ2n) is 3.47. The minimum Gasteiger partial charge on any atom is -0.507 e. The minimum absolute atomic E-state index is 0.0402. The number of aromatic hydroxyl groups is 1. The Balaban J connectivity index is 3.04. The lowest BCUT2D eigenvalue weighted by atomic mass is 10.0. The van der Waals surface area contributed by atoms with E-state index in [1.807, 2.05) is 6.92 Å². The molecule has 4 N–H and O–H groups in total. The fraction of sp³-hybridized carbons (Fsp3) is 0.455. The first-order valence-electron chi connectivity index (χ1n) is 4.85. The molecular weight excluding hydrogens is 194 g/mol. The van der Waals surface area contributed by atoms with Gasteiger partial charge in [0, 0.05) is 11.6 Å². The Labute approximate surface area is 89.3 Å². The van der Waals surface area contributed by atoms with E-state index in [0.717, 1.165) is 5.56 Å². The van der Waals surface area contributed by atoms with Gasteiger partial charge in [0.05, 0.1) is 13.2 Å². The van der Waals surface area contributed by atoms with Gasteiger partial charge in [-0.1, -0.05) is 0 Å². The van der Waals surface area contributed by atoms with Gasteiger partial charge in [-0.3, -0.25) is 0 Å². The Morgan fingerprint density at radius 1 is 1.47 bits per heavy atom. The summed E-state index contributed by atoms with van der Waals surface area (Å²) in [5.74, 6) is 0.648. The van der Waals surface area contributed by atoms with Crippen LogP contribution in [0.15, 0.2) is 12.1 Å². The lowest BCUT2D eigenvalue weighted by Gasteiger charge is -2.14. The second-order valence-corrected chi connectivity index (χ2v) is 3.47. The van der Waals surface area contributed by atoms with Gasteiger partial charge in [-0.15, -0.1) is 0 Å². The van der Waals surface area contributed by atoms with Crippen LogP contribution in [0.5, 0.6) is 11.5 Å². The van der Waals surface area contributed by atoms with Crippen LogP contribution in [-0.2, 0) is 0 Å². The fourth-order valence-corrected chi connectivity index (χ4v) is 1.50. The highest BCUT2D eigenvalue weighted by molar-refractivity contribution is 5.46. The second kappa shape index (κ2) is 5.00. The average molecular weight is 211 g/mol. The van der Waals surface area contributed by atoms with Crippen molar-refractivity contribution in [3.63, 3.8) is 0 Å². The molecular formula is C11H17NO3. The van der Waals surface area contributed by atoms with Crippen molar-refractivity contribution in [1.29, 1.82) is 0 Å². The van der Waals surface area contributed by atoms with Crippen molar-refractivity contribution < 1.29 is 14.9 Å². The van der Waals surface area contributed by atoms with Gasteiger partial charge >= 0.3 is 0 Å². The SMILES string of the molecule is COc1cc(O)c(C(O)CCN)cc1C. The Kier molecular flexibility index (Phi) is 3.94. The quantitative estimate of drug-likeness (QED) is 0.697. The average Bonchev–Trinajstić information content (AvgIpc) is 2.21. The molecule has 0 saturated carbocycles. The molecule has 0 aliphatic rings. The number of hydrogen-bond donors (Lipinski definition) is 3. The van der Waals surface area contributed by atoms with Crippen LogP contribution in [0.1, 0.15) is 23.7 Å². The minimum atomic E-state index is -0.723. The van der Waals surface area contributed by atoms with Crippen molar-refractivity contribution in [2.75, 3.05) is 13.7 Å². The first-order chi connectivity index (χ1) is 7.10. The molecule has 0 amide bonds. The van der Waals surface area contributed by atoms with Crippen LogP contribution in [0.25, 0.3) is 0 Å². The zero-order chi connectivity index (χ0) is 11.4. The summed E-state index contributed by atoms with van der Waals surface area (Å²) in [6.07, 6.45) is -0.293. The number of nitrogens with two attached hydrogens (primary N) is 1. The van der Waals surface area contributed by atoms with Crippen LogP contribution in [0, 0.1) is 6.92 Å². The number of benzene rings is 1. The summed E-state index contributed by atoms with van der Waals surface area (Å²) >= 11 is 0. The number of aryl methyl sites for hydroxylation is 1. The van der Waals surface area contributed by atoms with Gasteiger partial charge < -0.3 is 20.7 Å². The lowest BCUT2D eigenvalue weighted by molar-refractivity contribution is 0.166. The molecule has 1 unspecified atom stereocenters. The number of hydrogen-bond acceptors (Lipinski definition) is 4. The monoisotopic (exact) mass is 211 g/mol. The third-order valence-electron chi connectivity index (χ3n) is 2.34. The van der Waals surface area contributed by atoms with Gasteiger partial charge in [-0.25, -0.2) is 0 Å². The summed E-state index contributed by atoms with van der Waals surface area (Å²) in [5.41, 5.74) is 6.72. The van der Waals surface area contributed by atoms with Gasteiger partial charge in [0.1, 0.15) is 11.5 Å². The van der Waals surface area contributed by atoms with Crippen molar-refractivity contribution in [2.45, 2.75) is 19.4 Å². The molecule has 1 atom stereocenters. The number of rotatable bonds is 4. The number of aliphatic hydroxyl groups is 1. The molecule has 1 rings (SSSR count). The van der Waals surface area contributed by atoms with Crippen LogP contribution in [0.3, 0.4) is 0 Å². The maximum absolute atomic E-state index is 9.71. The van der Waals surface area contributed by atoms with Crippen LogP contribution in [-0.4, -0.2) is 23.9 Å². The highest BCUT2D eigenvalue weighted by atomic mass is 16.5. The molecule has 0 aliphatic carbocycles. The number of methoxy groups -OCH3 is 1. The summed E-state index contributed by atoms with van der Waals surface area (Å²) in [6.45, 7) is 2.24. The largest absolute Gasteiger partial charge is 0.507 e. The third kappa shape index (κ3) is 2.61. The number of aliphatic hydroxyl groups excluding tert-OH is 1. The van der Waals surface area contributed by atoms with E-state index < -0.39 is 6.10 Å². The van der Waals surface area contributed by atoms with Gasteiger partial charge in [0.15, 0.2) is 0 Å². The Morgan fingerprint density at radius 2 is 2.13 bits per heavy atom. The molecule has 84 valence electrons. The van der Waals surface area contributed by atoms with Gasteiger partial charge in [0.25, 0.3) is 0 Å². The predicted octanol–water partition coefficient (Wildman–Crippen LogP) is 1.09. The Morgan fingerprint density at radius 3 is 2.67 bits per heavy atom. The van der Waals surface area contributed by atoms with Gasteiger partial charge in [-0.2, -0.15) is 0 Å². The first-order valence-corrected chi connectivity index (χ1v) is 4.85. The third-order valence-corrected chi connectivity index (χ3v) is 2.34. The summed E-state index contributed by atoms with van der Waals surface area (Å²) in [6, 6.07) is 3.22. The van der Waals surface area contributed by atoms with Crippen LogP contribution < -0.4 is 10.5 Å². The fourth-order valence-electron chi connectivity index (χ4n) is 1.50. The first kappa shape index (κ1) is 11.8. The summed E-state index contributed by atoms with van der Waals surface area (Å²) < 4.78 is 5.05. The summed E-state index contributed by atoms with van der Waals surface area (Å²) in [4.78, 5) is 0. The number of phenolic OH excluding ortho intramolecular Hbond substituents is 1.